The van der Waals surface area contributed by atoms with Gasteiger partial charge in [-0.15, -0.1) is 16.4 Å². The third kappa shape index (κ3) is 2.39. The summed E-state index contributed by atoms with van der Waals surface area (Å²) in [6.07, 6.45) is 3.50. The van der Waals surface area contributed by atoms with Gasteiger partial charge < -0.3 is 4.74 Å². The highest BCUT2D eigenvalue weighted by Gasteiger charge is 2.21. The van der Waals surface area contributed by atoms with Gasteiger partial charge in [0.1, 0.15) is 16.0 Å². The van der Waals surface area contributed by atoms with Crippen molar-refractivity contribution in [2.45, 2.75) is 20.8 Å². The molecule has 128 valence electrons. The number of nitrogens with zero attached hydrogens (tertiary/aromatic N) is 6. The molecule has 25 heavy (non-hydrogen) atoms. The molecule has 0 aliphatic heterocycles. The molecule has 0 saturated carbocycles. The van der Waals surface area contributed by atoms with Gasteiger partial charge in [-0.2, -0.15) is 5.10 Å². The minimum atomic E-state index is -0.330. The van der Waals surface area contributed by atoms with Gasteiger partial charge in [-0.1, -0.05) is 0 Å². The fourth-order valence-electron chi connectivity index (χ4n) is 2.86. The second kappa shape index (κ2) is 5.62. The Morgan fingerprint density at radius 1 is 1.32 bits per heavy atom. The maximum absolute atomic E-state index is 12.2. The molecule has 0 unspecified atom stereocenters. The smallest absolute Gasteiger partial charge is 0.348 e. The predicted molar refractivity (Wildman–Crippen MR) is 93.8 cm³/mol. The zero-order valence-electron chi connectivity index (χ0n) is 14.3. The number of hydrogen-bond acceptors (Lipinski definition) is 7. The topological polar surface area (TPSA) is 87.2 Å². The summed E-state index contributed by atoms with van der Waals surface area (Å²) >= 11 is 1.32. The lowest BCUT2D eigenvalue weighted by Crippen LogP contribution is -2.03. The third-order valence-electron chi connectivity index (χ3n) is 3.98. The molecule has 0 saturated heterocycles. The quantitative estimate of drug-likeness (QED) is 0.524. The Morgan fingerprint density at radius 2 is 2.12 bits per heavy atom. The molecule has 0 radical (unpaired) electrons. The summed E-state index contributed by atoms with van der Waals surface area (Å²) in [5.74, 6) is 0.257. The van der Waals surface area contributed by atoms with Crippen LogP contribution in [0.5, 0.6) is 0 Å². The summed E-state index contributed by atoms with van der Waals surface area (Å²) in [4.78, 5) is 22.5. The molecular formula is C16H16N6O2S. The van der Waals surface area contributed by atoms with E-state index in [2.05, 4.69) is 20.2 Å². The number of fused-ring (bicyclic) bond motifs is 3. The number of hydrogen-bond donors (Lipinski definition) is 0. The van der Waals surface area contributed by atoms with Gasteiger partial charge in [0.2, 0.25) is 0 Å². The molecule has 4 aromatic rings. The fourth-order valence-corrected chi connectivity index (χ4v) is 3.90. The predicted octanol–water partition coefficient (Wildman–Crippen LogP) is 2.53. The molecule has 4 rings (SSSR count). The van der Waals surface area contributed by atoms with E-state index in [-0.39, 0.29) is 5.97 Å². The molecule has 4 heterocycles. The molecule has 8 nitrogen and oxygen atoms in total. The van der Waals surface area contributed by atoms with E-state index < -0.39 is 0 Å². The van der Waals surface area contributed by atoms with Crippen LogP contribution >= 0.6 is 11.3 Å². The molecule has 4 aromatic heterocycles. The van der Waals surface area contributed by atoms with Crippen molar-refractivity contribution in [1.29, 1.82) is 0 Å². The molecule has 0 aliphatic carbocycles. The van der Waals surface area contributed by atoms with Crippen LogP contribution in [0.15, 0.2) is 12.5 Å². The average Bonchev–Trinajstić information content (AvgIpc) is 3.22. The van der Waals surface area contributed by atoms with E-state index in [1.165, 1.54) is 11.3 Å². The number of rotatable bonds is 3. The first-order chi connectivity index (χ1) is 12.0. The van der Waals surface area contributed by atoms with Gasteiger partial charge in [0.05, 0.1) is 23.3 Å². The summed E-state index contributed by atoms with van der Waals surface area (Å²) < 4.78 is 8.51. The first kappa shape index (κ1) is 15.7. The number of carbonyl (C=O) groups excluding carboxylic acids is 1. The molecule has 9 heteroatoms. The van der Waals surface area contributed by atoms with Crippen LogP contribution in [0.2, 0.25) is 0 Å². The number of ether oxygens (including phenoxy) is 1. The van der Waals surface area contributed by atoms with Crippen molar-refractivity contribution >= 4 is 33.2 Å². The van der Waals surface area contributed by atoms with Crippen LogP contribution in [0.4, 0.5) is 0 Å². The molecule has 0 N–H and O–H groups in total. The van der Waals surface area contributed by atoms with E-state index in [1.807, 2.05) is 27.1 Å². The molecule has 0 bridgehead atoms. The lowest BCUT2D eigenvalue weighted by molar-refractivity contribution is 0.0531. The van der Waals surface area contributed by atoms with Crippen molar-refractivity contribution in [2.75, 3.05) is 6.61 Å². The summed E-state index contributed by atoms with van der Waals surface area (Å²) in [5, 5.41) is 9.68. The maximum Gasteiger partial charge on any atom is 0.348 e. The Hall–Kier alpha value is -2.81. The van der Waals surface area contributed by atoms with E-state index in [1.54, 1.807) is 22.4 Å². The second-order valence-electron chi connectivity index (χ2n) is 5.71. The second-order valence-corrected chi connectivity index (χ2v) is 6.71. The Balaban J connectivity index is 1.94. The van der Waals surface area contributed by atoms with Crippen LogP contribution in [-0.4, -0.2) is 41.9 Å². The number of carbonyl (C=O) groups is 1. The molecule has 0 fully saturated rings. The zero-order chi connectivity index (χ0) is 17.7. The number of esters is 1. The Bertz CT molecular complexity index is 1120. The zero-order valence-corrected chi connectivity index (χ0v) is 15.1. The average molecular weight is 356 g/mol. The van der Waals surface area contributed by atoms with Crippen LogP contribution in [0, 0.1) is 13.8 Å². The van der Waals surface area contributed by atoms with Crippen molar-refractivity contribution < 1.29 is 9.53 Å². The standard InChI is InChI=1S/C16H16N6O2S/c1-5-24-16(23)12-8(2)11-14-18-13(10-6-21(4)19-9(10)3)20-22(14)7-17-15(11)25-12/h6-7H,5H2,1-4H3. The first-order valence-corrected chi connectivity index (χ1v) is 8.63. The van der Waals surface area contributed by atoms with Crippen LogP contribution < -0.4 is 0 Å². The summed E-state index contributed by atoms with van der Waals surface area (Å²) in [5.41, 5.74) is 3.22. The molecule has 0 atom stereocenters. The minimum absolute atomic E-state index is 0.330. The monoisotopic (exact) mass is 356 g/mol. The largest absolute Gasteiger partial charge is 0.462 e. The lowest BCUT2D eigenvalue weighted by Gasteiger charge is -1.99. The van der Waals surface area contributed by atoms with Crippen LogP contribution in [0.1, 0.15) is 27.9 Å². The van der Waals surface area contributed by atoms with Crippen molar-refractivity contribution in [3.63, 3.8) is 0 Å². The SMILES string of the molecule is CCOC(=O)c1sc2ncn3nc(-c4cn(C)nc4C)nc3c2c1C. The van der Waals surface area contributed by atoms with Crippen LogP contribution in [0.25, 0.3) is 27.3 Å². The normalized spacial score (nSPS) is 11.5. The summed E-state index contributed by atoms with van der Waals surface area (Å²) in [6, 6.07) is 0. The van der Waals surface area contributed by atoms with E-state index in [0.29, 0.717) is 23.0 Å². The van der Waals surface area contributed by atoms with Crippen LogP contribution in [-0.2, 0) is 11.8 Å². The molecule has 0 aromatic carbocycles. The van der Waals surface area contributed by atoms with Crippen molar-refractivity contribution in [3.05, 3.63) is 28.7 Å². The Morgan fingerprint density at radius 3 is 2.80 bits per heavy atom. The highest BCUT2D eigenvalue weighted by atomic mass is 32.1. The van der Waals surface area contributed by atoms with Gasteiger partial charge in [-0.25, -0.2) is 19.3 Å². The number of thiophene rings is 1. The van der Waals surface area contributed by atoms with Crippen LogP contribution in [0.3, 0.4) is 0 Å². The van der Waals surface area contributed by atoms with Crippen molar-refractivity contribution in [2.24, 2.45) is 7.05 Å². The van der Waals surface area contributed by atoms with Gasteiger partial charge in [-0.3, -0.25) is 4.68 Å². The lowest BCUT2D eigenvalue weighted by atomic mass is 10.2. The summed E-state index contributed by atoms with van der Waals surface area (Å²) in [7, 11) is 1.86. The maximum atomic E-state index is 12.2. The molecular weight excluding hydrogens is 340 g/mol. The highest BCUT2D eigenvalue weighted by Crippen LogP contribution is 2.33. The van der Waals surface area contributed by atoms with Gasteiger partial charge in [-0.05, 0) is 26.3 Å². The molecule has 0 spiro atoms. The van der Waals surface area contributed by atoms with E-state index in [9.17, 15) is 4.79 Å². The first-order valence-electron chi connectivity index (χ1n) is 7.81. The van der Waals surface area contributed by atoms with Gasteiger partial charge in [0, 0.05) is 13.2 Å². The Labute approximate surface area is 147 Å². The molecule has 0 aliphatic rings. The Kier molecular flexibility index (Phi) is 3.53. The van der Waals surface area contributed by atoms with Gasteiger partial charge >= 0.3 is 5.97 Å². The molecule has 0 amide bonds. The van der Waals surface area contributed by atoms with Gasteiger partial charge in [0.25, 0.3) is 0 Å². The number of aryl methyl sites for hydroxylation is 3. The van der Waals surface area contributed by atoms with E-state index in [4.69, 9.17) is 4.74 Å². The van der Waals surface area contributed by atoms with E-state index in [0.717, 1.165) is 27.0 Å². The minimum Gasteiger partial charge on any atom is -0.462 e. The third-order valence-corrected chi connectivity index (χ3v) is 5.16. The number of aromatic nitrogens is 6. The van der Waals surface area contributed by atoms with E-state index >= 15 is 0 Å². The van der Waals surface area contributed by atoms with Crippen molar-refractivity contribution in [3.8, 4) is 11.4 Å². The van der Waals surface area contributed by atoms with Crippen molar-refractivity contribution in [1.82, 2.24) is 29.4 Å². The highest BCUT2D eigenvalue weighted by molar-refractivity contribution is 7.20. The summed E-state index contributed by atoms with van der Waals surface area (Å²) in [6.45, 7) is 5.93. The fraction of sp³-hybridized carbons (Fsp3) is 0.312. The van der Waals surface area contributed by atoms with Gasteiger partial charge in [0.15, 0.2) is 11.5 Å².